The SMILES string of the molecule is CCCCCCOc1nsnc1C1=CCC[N+](C)([C@H](C)OC(=O)[C@@H]([NH3+])CCC(=O)O)C1. The highest BCUT2D eigenvalue weighted by atomic mass is 32.1. The zero-order valence-corrected chi connectivity index (χ0v) is 19.7. The third kappa shape index (κ3) is 7.55. The number of carbonyl (C=O) groups is 2. The molecule has 1 aliphatic heterocycles. The molecule has 9 nitrogen and oxygen atoms in total. The summed E-state index contributed by atoms with van der Waals surface area (Å²) >= 11 is 1.14. The van der Waals surface area contributed by atoms with Gasteiger partial charge in [0.15, 0.2) is 6.04 Å². The highest BCUT2D eigenvalue weighted by Crippen LogP contribution is 2.31. The lowest BCUT2D eigenvalue weighted by atomic mass is 10.0. The summed E-state index contributed by atoms with van der Waals surface area (Å²) in [7, 11) is 2.05. The average molecular weight is 457 g/mol. The first-order valence-corrected chi connectivity index (χ1v) is 11.7. The highest BCUT2D eigenvalue weighted by molar-refractivity contribution is 6.99. The van der Waals surface area contributed by atoms with Crippen molar-refractivity contribution in [3.63, 3.8) is 0 Å². The van der Waals surface area contributed by atoms with Crippen LogP contribution in [0.25, 0.3) is 5.57 Å². The molecular weight excluding hydrogens is 420 g/mol. The van der Waals surface area contributed by atoms with Gasteiger partial charge in [-0.25, -0.2) is 4.79 Å². The summed E-state index contributed by atoms with van der Waals surface area (Å²) in [4.78, 5) is 23.1. The molecule has 2 heterocycles. The van der Waals surface area contributed by atoms with Crippen LogP contribution in [0.15, 0.2) is 6.08 Å². The number of hydrogen-bond donors (Lipinski definition) is 2. The number of quaternary nitrogens is 2. The number of esters is 1. The van der Waals surface area contributed by atoms with Crippen molar-refractivity contribution in [3.8, 4) is 5.88 Å². The van der Waals surface area contributed by atoms with Gasteiger partial charge in [-0.2, -0.15) is 4.37 Å². The molecule has 0 aromatic carbocycles. The summed E-state index contributed by atoms with van der Waals surface area (Å²) in [5.74, 6) is -0.826. The molecule has 0 spiro atoms. The monoisotopic (exact) mass is 456 g/mol. The molecule has 0 bridgehead atoms. The molecular formula is C21H36N4O5S+2. The van der Waals surface area contributed by atoms with Crippen molar-refractivity contribution in [1.82, 2.24) is 8.75 Å². The molecule has 0 saturated carbocycles. The van der Waals surface area contributed by atoms with Gasteiger partial charge in [-0.05, 0) is 6.42 Å². The van der Waals surface area contributed by atoms with Crippen molar-refractivity contribution in [2.24, 2.45) is 0 Å². The fourth-order valence-electron chi connectivity index (χ4n) is 3.52. The fraction of sp³-hybridized carbons (Fsp3) is 0.714. The van der Waals surface area contributed by atoms with Crippen molar-refractivity contribution >= 4 is 29.2 Å². The Morgan fingerprint density at radius 1 is 1.32 bits per heavy atom. The molecule has 1 aromatic rings. The van der Waals surface area contributed by atoms with Crippen molar-refractivity contribution < 1.29 is 34.4 Å². The van der Waals surface area contributed by atoms with Crippen LogP contribution in [-0.4, -0.2) is 69.3 Å². The number of ether oxygens (including phenoxy) is 2. The van der Waals surface area contributed by atoms with E-state index in [0.29, 0.717) is 23.5 Å². The van der Waals surface area contributed by atoms with Crippen LogP contribution in [-0.2, 0) is 14.3 Å². The number of aliphatic carboxylic acids is 1. The van der Waals surface area contributed by atoms with Gasteiger partial charge >= 0.3 is 11.9 Å². The second kappa shape index (κ2) is 12.1. The molecule has 2 rings (SSSR count). The number of aromatic nitrogens is 2. The summed E-state index contributed by atoms with van der Waals surface area (Å²) in [5.41, 5.74) is 5.58. The first kappa shape index (κ1) is 25.2. The van der Waals surface area contributed by atoms with E-state index in [0.717, 1.165) is 48.8 Å². The molecule has 10 heteroatoms. The van der Waals surface area contributed by atoms with E-state index in [1.807, 2.05) is 14.0 Å². The van der Waals surface area contributed by atoms with Crippen molar-refractivity contribution in [3.05, 3.63) is 11.8 Å². The zero-order valence-electron chi connectivity index (χ0n) is 18.8. The van der Waals surface area contributed by atoms with Crippen molar-refractivity contribution in [1.29, 1.82) is 0 Å². The zero-order chi connectivity index (χ0) is 22.9. The normalized spacial score (nSPS) is 20.6. The topological polar surface area (TPSA) is 126 Å². The molecule has 0 amide bonds. The lowest BCUT2D eigenvalue weighted by Gasteiger charge is -2.41. The van der Waals surface area contributed by atoms with Crippen molar-refractivity contribution in [2.75, 3.05) is 26.7 Å². The van der Waals surface area contributed by atoms with Crippen LogP contribution in [0.3, 0.4) is 0 Å². The molecule has 1 aliphatic rings. The Hall–Kier alpha value is -2.04. The molecule has 0 fully saturated rings. The largest absolute Gasteiger partial charge is 0.481 e. The number of hydrogen-bond acceptors (Lipinski definition) is 7. The molecule has 3 atom stereocenters. The number of likely N-dealkylation sites (N-methyl/N-ethyl adjacent to an activating group) is 1. The Morgan fingerprint density at radius 3 is 2.81 bits per heavy atom. The molecule has 174 valence electrons. The van der Waals surface area contributed by atoms with E-state index < -0.39 is 24.2 Å². The van der Waals surface area contributed by atoms with Crippen LogP contribution < -0.4 is 10.5 Å². The van der Waals surface area contributed by atoms with Crippen LogP contribution in [0, 0.1) is 0 Å². The predicted octanol–water partition coefficient (Wildman–Crippen LogP) is 2.10. The average Bonchev–Trinajstić information content (AvgIpc) is 3.20. The number of unbranched alkanes of at least 4 members (excludes halogenated alkanes) is 3. The second-order valence-electron chi connectivity index (χ2n) is 8.37. The highest BCUT2D eigenvalue weighted by Gasteiger charge is 2.38. The summed E-state index contributed by atoms with van der Waals surface area (Å²) < 4.78 is 20.9. The standard InChI is InChI=1S/C21H34N4O5S/c1-4-5-6-7-13-29-20-19(23-31-24-20)16-9-8-12-25(3,14-16)15(2)30-21(28)17(22)10-11-18(26)27/h9,15,17H,4-8,10-14,22H2,1-3H3/p+2/t15-,17-,25?/m0/s1. The Balaban J connectivity index is 1.96. The van der Waals surface area contributed by atoms with Crippen LogP contribution >= 0.6 is 11.7 Å². The quantitative estimate of drug-likeness (QED) is 0.264. The minimum atomic E-state index is -0.945. The minimum absolute atomic E-state index is 0.102. The first-order valence-electron chi connectivity index (χ1n) is 11.0. The maximum atomic E-state index is 12.4. The summed E-state index contributed by atoms with van der Waals surface area (Å²) in [6.45, 7) is 6.14. The second-order valence-corrected chi connectivity index (χ2v) is 8.90. The first-order chi connectivity index (χ1) is 14.8. The van der Waals surface area contributed by atoms with E-state index in [4.69, 9.17) is 14.6 Å². The van der Waals surface area contributed by atoms with E-state index in [-0.39, 0.29) is 12.8 Å². The van der Waals surface area contributed by atoms with Gasteiger partial charge in [0, 0.05) is 25.3 Å². The van der Waals surface area contributed by atoms with Crippen LogP contribution in [0.4, 0.5) is 0 Å². The van der Waals surface area contributed by atoms with Crippen molar-refractivity contribution in [2.45, 2.75) is 71.1 Å². The third-order valence-electron chi connectivity index (χ3n) is 5.77. The number of carboxylic acid groups (broad SMARTS) is 1. The lowest BCUT2D eigenvalue weighted by Crippen LogP contribution is -2.66. The number of rotatable bonds is 13. The Kier molecular flexibility index (Phi) is 9.86. The van der Waals surface area contributed by atoms with E-state index in [2.05, 4.69) is 27.5 Å². The Bertz CT molecular complexity index is 769. The van der Waals surface area contributed by atoms with Gasteiger partial charge in [-0.1, -0.05) is 32.3 Å². The molecule has 1 aromatic heterocycles. The molecule has 1 unspecified atom stereocenters. The van der Waals surface area contributed by atoms with Crippen LogP contribution in [0.5, 0.6) is 5.88 Å². The third-order valence-corrected chi connectivity index (χ3v) is 6.28. The Morgan fingerprint density at radius 2 is 2.10 bits per heavy atom. The van der Waals surface area contributed by atoms with E-state index in [1.165, 1.54) is 12.8 Å². The smallest absolute Gasteiger partial charge is 0.369 e. The molecule has 0 saturated heterocycles. The van der Waals surface area contributed by atoms with Gasteiger partial charge in [-0.15, -0.1) is 4.37 Å². The van der Waals surface area contributed by atoms with Gasteiger partial charge in [0.2, 0.25) is 6.23 Å². The molecule has 31 heavy (non-hydrogen) atoms. The number of nitrogens with zero attached hydrogens (tertiary/aromatic N) is 3. The van der Waals surface area contributed by atoms with E-state index >= 15 is 0 Å². The molecule has 4 N–H and O–H groups in total. The Labute approximate surface area is 188 Å². The van der Waals surface area contributed by atoms with Gasteiger partial charge in [0.05, 0.1) is 38.3 Å². The maximum absolute atomic E-state index is 12.4. The predicted molar refractivity (Wildman–Crippen MR) is 117 cm³/mol. The minimum Gasteiger partial charge on any atom is -0.481 e. The fourth-order valence-corrected chi connectivity index (χ4v) is 4.06. The number of carbonyl (C=O) groups excluding carboxylic acids is 1. The van der Waals surface area contributed by atoms with E-state index in [1.54, 1.807) is 0 Å². The van der Waals surface area contributed by atoms with Gasteiger partial charge < -0.3 is 20.3 Å². The lowest BCUT2D eigenvalue weighted by molar-refractivity contribution is -0.944. The summed E-state index contributed by atoms with van der Waals surface area (Å²) in [6.07, 6.45) is 7.18. The molecule has 0 radical (unpaired) electrons. The van der Waals surface area contributed by atoms with Gasteiger partial charge in [0.1, 0.15) is 12.2 Å². The van der Waals surface area contributed by atoms with Gasteiger partial charge in [-0.3, -0.25) is 9.28 Å². The molecule has 0 aliphatic carbocycles. The van der Waals surface area contributed by atoms with E-state index in [9.17, 15) is 9.59 Å². The van der Waals surface area contributed by atoms with Crippen LogP contribution in [0.2, 0.25) is 0 Å². The summed E-state index contributed by atoms with van der Waals surface area (Å²) in [5, 5.41) is 8.80. The summed E-state index contributed by atoms with van der Waals surface area (Å²) in [6, 6.07) is -0.694. The maximum Gasteiger partial charge on any atom is 0.369 e. The number of carboxylic acids is 1. The van der Waals surface area contributed by atoms with Gasteiger partial charge in [0.25, 0.3) is 5.88 Å². The van der Waals surface area contributed by atoms with Crippen LogP contribution in [0.1, 0.15) is 64.5 Å².